The highest BCUT2D eigenvalue weighted by atomic mass is 35.5. The predicted octanol–water partition coefficient (Wildman–Crippen LogP) is 3.90. The summed E-state index contributed by atoms with van der Waals surface area (Å²) in [6, 6.07) is 12.5. The first-order valence-corrected chi connectivity index (χ1v) is 8.73. The molecule has 1 amide bonds. The lowest BCUT2D eigenvalue weighted by molar-refractivity contribution is -0.384. The molecule has 1 atom stereocenters. The van der Waals surface area contributed by atoms with Crippen molar-refractivity contribution < 1.29 is 19.6 Å². The van der Waals surface area contributed by atoms with Crippen LogP contribution < -0.4 is 5.32 Å². The molecular weight excluding hydrogens is 372 g/mol. The Balaban J connectivity index is 2.05. The van der Waals surface area contributed by atoms with E-state index in [2.05, 4.69) is 5.32 Å². The van der Waals surface area contributed by atoms with E-state index in [1.165, 1.54) is 18.2 Å². The monoisotopic (exact) mass is 390 g/mol. The molecule has 2 aromatic rings. The molecule has 0 aliphatic rings. The standard InChI is InChI=1S/C19H19ClN2O5/c20-16-10-9-14(22(26)27)11-15(16)17(12-19(24)25)21-18(23)8-4-7-13-5-2-1-3-6-13/h1-3,5-6,9-11,17H,4,7-8,12H2,(H,21,23)(H,24,25)/t17-/m0/s1. The number of hydrogen-bond donors (Lipinski definition) is 2. The smallest absolute Gasteiger partial charge is 0.305 e. The van der Waals surface area contributed by atoms with Gasteiger partial charge in [-0.05, 0) is 24.5 Å². The lowest BCUT2D eigenvalue weighted by Gasteiger charge is -2.18. The number of aliphatic carboxylic acids is 1. The molecule has 0 saturated carbocycles. The van der Waals surface area contributed by atoms with Crippen LogP contribution in [0.3, 0.4) is 0 Å². The summed E-state index contributed by atoms with van der Waals surface area (Å²) in [4.78, 5) is 33.8. The van der Waals surface area contributed by atoms with Crippen molar-refractivity contribution in [2.75, 3.05) is 0 Å². The van der Waals surface area contributed by atoms with Gasteiger partial charge in [-0.15, -0.1) is 0 Å². The molecule has 0 fully saturated rings. The molecule has 0 unspecified atom stereocenters. The lowest BCUT2D eigenvalue weighted by Crippen LogP contribution is -2.30. The molecule has 2 N–H and O–H groups in total. The van der Waals surface area contributed by atoms with Gasteiger partial charge in [0.15, 0.2) is 0 Å². The quantitative estimate of drug-likeness (QED) is 0.498. The zero-order chi connectivity index (χ0) is 19.8. The van der Waals surface area contributed by atoms with Crippen molar-refractivity contribution in [3.05, 3.63) is 74.8 Å². The molecule has 0 aliphatic heterocycles. The normalized spacial score (nSPS) is 11.6. The minimum Gasteiger partial charge on any atom is -0.481 e. The van der Waals surface area contributed by atoms with E-state index < -0.39 is 23.4 Å². The number of non-ortho nitro benzene ring substituents is 1. The van der Waals surface area contributed by atoms with Crippen LogP contribution in [0.4, 0.5) is 5.69 Å². The number of benzene rings is 2. The average molecular weight is 391 g/mol. The summed E-state index contributed by atoms with van der Waals surface area (Å²) < 4.78 is 0. The van der Waals surface area contributed by atoms with Gasteiger partial charge in [-0.3, -0.25) is 19.7 Å². The Bertz CT molecular complexity index is 826. The molecule has 8 heteroatoms. The summed E-state index contributed by atoms with van der Waals surface area (Å²) in [5.74, 6) is -1.48. The first-order valence-electron chi connectivity index (χ1n) is 8.35. The van der Waals surface area contributed by atoms with Crippen LogP contribution in [0.15, 0.2) is 48.5 Å². The van der Waals surface area contributed by atoms with Crippen molar-refractivity contribution in [1.29, 1.82) is 0 Å². The fraction of sp³-hybridized carbons (Fsp3) is 0.263. The Morgan fingerprint density at radius 3 is 2.52 bits per heavy atom. The van der Waals surface area contributed by atoms with Gasteiger partial charge >= 0.3 is 5.97 Å². The highest BCUT2D eigenvalue weighted by Crippen LogP contribution is 2.29. The molecule has 142 valence electrons. The van der Waals surface area contributed by atoms with Gasteiger partial charge in [0.25, 0.3) is 5.69 Å². The maximum absolute atomic E-state index is 12.2. The number of nitrogens with one attached hydrogen (secondary N) is 1. The summed E-state index contributed by atoms with van der Waals surface area (Å²) in [7, 11) is 0. The second-order valence-electron chi connectivity index (χ2n) is 6.02. The van der Waals surface area contributed by atoms with Crippen molar-refractivity contribution >= 4 is 29.2 Å². The molecule has 27 heavy (non-hydrogen) atoms. The zero-order valence-corrected chi connectivity index (χ0v) is 15.2. The van der Waals surface area contributed by atoms with E-state index >= 15 is 0 Å². The summed E-state index contributed by atoms with van der Waals surface area (Å²) in [6.45, 7) is 0. The maximum Gasteiger partial charge on any atom is 0.305 e. The molecule has 0 radical (unpaired) electrons. The fourth-order valence-corrected chi connectivity index (χ4v) is 2.94. The third-order valence-corrected chi connectivity index (χ3v) is 4.34. The second-order valence-corrected chi connectivity index (χ2v) is 6.43. The highest BCUT2D eigenvalue weighted by molar-refractivity contribution is 6.31. The number of carbonyl (C=O) groups is 2. The predicted molar refractivity (Wildman–Crippen MR) is 101 cm³/mol. The number of nitro groups is 1. The molecule has 2 rings (SSSR count). The molecule has 0 bridgehead atoms. The largest absolute Gasteiger partial charge is 0.481 e. The Morgan fingerprint density at radius 2 is 1.89 bits per heavy atom. The number of hydrogen-bond acceptors (Lipinski definition) is 4. The Morgan fingerprint density at radius 1 is 1.19 bits per heavy atom. The number of nitrogens with zero attached hydrogens (tertiary/aromatic N) is 1. The lowest BCUT2D eigenvalue weighted by atomic mass is 10.0. The van der Waals surface area contributed by atoms with Gasteiger partial charge < -0.3 is 10.4 Å². The number of aryl methyl sites for hydroxylation is 1. The Kier molecular flexibility index (Phi) is 7.31. The van der Waals surface area contributed by atoms with Crippen molar-refractivity contribution in [2.24, 2.45) is 0 Å². The molecule has 0 spiro atoms. The molecule has 0 aliphatic carbocycles. The summed E-state index contributed by atoms with van der Waals surface area (Å²) in [5, 5.41) is 22.9. The third kappa shape index (κ3) is 6.38. The fourth-order valence-electron chi connectivity index (χ4n) is 2.69. The summed E-state index contributed by atoms with van der Waals surface area (Å²) in [5.41, 5.74) is 1.10. The van der Waals surface area contributed by atoms with Crippen LogP contribution in [-0.2, 0) is 16.0 Å². The van der Waals surface area contributed by atoms with E-state index in [0.29, 0.717) is 6.42 Å². The Labute approximate surface area is 161 Å². The van der Waals surface area contributed by atoms with Crippen LogP contribution in [-0.4, -0.2) is 21.9 Å². The van der Waals surface area contributed by atoms with Crippen molar-refractivity contribution in [3.63, 3.8) is 0 Å². The van der Waals surface area contributed by atoms with Crippen LogP contribution in [0, 0.1) is 10.1 Å². The maximum atomic E-state index is 12.2. The van der Waals surface area contributed by atoms with E-state index in [9.17, 15) is 19.7 Å². The average Bonchev–Trinajstić information content (AvgIpc) is 2.62. The van der Waals surface area contributed by atoms with Crippen LogP contribution in [0.2, 0.25) is 5.02 Å². The van der Waals surface area contributed by atoms with Crippen LogP contribution in [0.25, 0.3) is 0 Å². The van der Waals surface area contributed by atoms with Gasteiger partial charge in [-0.2, -0.15) is 0 Å². The van der Waals surface area contributed by atoms with Crippen molar-refractivity contribution in [1.82, 2.24) is 5.32 Å². The molecule has 0 aromatic heterocycles. The number of nitro benzene ring substituents is 1. The van der Waals surface area contributed by atoms with Gasteiger partial charge in [0.1, 0.15) is 0 Å². The van der Waals surface area contributed by atoms with Gasteiger partial charge in [-0.1, -0.05) is 41.9 Å². The minimum absolute atomic E-state index is 0.163. The van der Waals surface area contributed by atoms with Gasteiger partial charge in [0, 0.05) is 29.1 Å². The minimum atomic E-state index is -1.15. The SMILES string of the molecule is O=C(O)C[C@H](NC(=O)CCCc1ccccc1)c1cc([N+](=O)[O-])ccc1Cl. The van der Waals surface area contributed by atoms with Crippen LogP contribution in [0.1, 0.15) is 36.4 Å². The van der Waals surface area contributed by atoms with Crippen LogP contribution >= 0.6 is 11.6 Å². The number of carboxylic acid groups (broad SMARTS) is 1. The summed E-state index contributed by atoms with van der Waals surface area (Å²) >= 11 is 6.08. The topological polar surface area (TPSA) is 110 Å². The van der Waals surface area contributed by atoms with E-state index in [-0.39, 0.29) is 28.6 Å². The van der Waals surface area contributed by atoms with Crippen LogP contribution in [0.5, 0.6) is 0 Å². The highest BCUT2D eigenvalue weighted by Gasteiger charge is 2.22. The Hall–Kier alpha value is -2.93. The third-order valence-electron chi connectivity index (χ3n) is 3.99. The zero-order valence-electron chi connectivity index (χ0n) is 14.4. The van der Waals surface area contributed by atoms with E-state index in [1.54, 1.807) is 0 Å². The van der Waals surface area contributed by atoms with Crippen molar-refractivity contribution in [3.8, 4) is 0 Å². The van der Waals surface area contributed by atoms with E-state index in [0.717, 1.165) is 12.0 Å². The second kappa shape index (κ2) is 9.68. The van der Waals surface area contributed by atoms with Gasteiger partial charge in [0.05, 0.1) is 17.4 Å². The number of carbonyl (C=O) groups excluding carboxylic acids is 1. The number of rotatable bonds is 9. The van der Waals surface area contributed by atoms with E-state index in [4.69, 9.17) is 16.7 Å². The molecule has 0 heterocycles. The number of halogens is 1. The summed E-state index contributed by atoms with van der Waals surface area (Å²) in [6.07, 6.45) is 1.09. The molecule has 2 aromatic carbocycles. The van der Waals surface area contributed by atoms with Crippen molar-refractivity contribution in [2.45, 2.75) is 31.7 Å². The molecule has 7 nitrogen and oxygen atoms in total. The molecule has 0 saturated heterocycles. The number of carboxylic acids is 1. The van der Waals surface area contributed by atoms with Gasteiger partial charge in [0.2, 0.25) is 5.91 Å². The van der Waals surface area contributed by atoms with Gasteiger partial charge in [-0.25, -0.2) is 0 Å². The first kappa shape index (κ1) is 20.4. The number of amides is 1. The molecular formula is C19H19ClN2O5. The van der Waals surface area contributed by atoms with E-state index in [1.807, 2.05) is 30.3 Å². The first-order chi connectivity index (χ1) is 12.9.